The summed E-state index contributed by atoms with van der Waals surface area (Å²) in [4.78, 5) is 10.9. The van der Waals surface area contributed by atoms with Gasteiger partial charge in [-0.05, 0) is 19.1 Å². The molecular weight excluding hydrogens is 206 g/mol. The number of benzene rings is 1. The van der Waals surface area contributed by atoms with Crippen LogP contribution in [-0.2, 0) is 4.79 Å². The largest absolute Gasteiger partial charge is 0.486 e. The topological polar surface area (TPSA) is 47.6 Å². The first-order valence-corrected chi connectivity index (χ1v) is 5.32. The van der Waals surface area contributed by atoms with E-state index in [0.717, 1.165) is 11.5 Å². The fraction of sp³-hybridized carbons (Fsp3) is 0.417. The molecule has 1 N–H and O–H groups in total. The lowest BCUT2D eigenvalue weighted by molar-refractivity contribution is -0.120. The quantitative estimate of drug-likeness (QED) is 0.820. The molecule has 0 saturated carbocycles. The molecule has 2 rings (SSSR count). The van der Waals surface area contributed by atoms with E-state index >= 15 is 0 Å². The lowest BCUT2D eigenvalue weighted by Crippen LogP contribution is -2.47. The Kier molecular flexibility index (Phi) is 2.99. The van der Waals surface area contributed by atoms with E-state index in [1.54, 1.807) is 0 Å². The zero-order chi connectivity index (χ0) is 11.5. The van der Waals surface area contributed by atoms with E-state index in [9.17, 15) is 4.79 Å². The highest BCUT2D eigenvalue weighted by molar-refractivity contribution is 5.73. The van der Waals surface area contributed by atoms with Crippen molar-refractivity contribution < 1.29 is 14.3 Å². The highest BCUT2D eigenvalue weighted by atomic mass is 16.6. The van der Waals surface area contributed by atoms with Gasteiger partial charge in [0, 0.05) is 6.92 Å². The third-order valence-electron chi connectivity index (χ3n) is 2.52. The second-order valence-corrected chi connectivity index (χ2v) is 3.90. The number of ether oxygens (including phenoxy) is 2. The zero-order valence-corrected chi connectivity index (χ0v) is 9.40. The summed E-state index contributed by atoms with van der Waals surface area (Å²) in [5.41, 5.74) is 0. The Morgan fingerprint density at radius 2 is 2.12 bits per heavy atom. The monoisotopic (exact) mass is 221 g/mol. The highest BCUT2D eigenvalue weighted by Crippen LogP contribution is 2.31. The van der Waals surface area contributed by atoms with Crippen LogP contribution >= 0.6 is 0 Å². The van der Waals surface area contributed by atoms with Crippen LogP contribution in [0.5, 0.6) is 11.5 Å². The average molecular weight is 221 g/mol. The molecule has 1 aliphatic rings. The van der Waals surface area contributed by atoms with E-state index < -0.39 is 0 Å². The number of hydrogen-bond acceptors (Lipinski definition) is 3. The fourth-order valence-electron chi connectivity index (χ4n) is 1.70. The van der Waals surface area contributed by atoms with Crippen molar-refractivity contribution in [1.82, 2.24) is 5.32 Å². The molecule has 1 heterocycles. The number of amides is 1. The second kappa shape index (κ2) is 4.43. The van der Waals surface area contributed by atoms with E-state index in [0.29, 0.717) is 6.61 Å². The first kappa shape index (κ1) is 10.8. The summed E-state index contributed by atoms with van der Waals surface area (Å²) in [5.74, 6) is 1.43. The van der Waals surface area contributed by atoms with E-state index in [4.69, 9.17) is 9.47 Å². The minimum atomic E-state index is -0.140. The van der Waals surface area contributed by atoms with Crippen LogP contribution in [0.1, 0.15) is 13.8 Å². The van der Waals surface area contributed by atoms with E-state index in [1.807, 2.05) is 31.2 Å². The number of carbonyl (C=O) groups is 1. The Hall–Kier alpha value is -1.71. The fourth-order valence-corrected chi connectivity index (χ4v) is 1.70. The summed E-state index contributed by atoms with van der Waals surface area (Å²) in [5, 5.41) is 2.80. The molecule has 1 aromatic carbocycles. The molecule has 0 bridgehead atoms. The van der Waals surface area contributed by atoms with Gasteiger partial charge in [0.15, 0.2) is 17.6 Å². The van der Waals surface area contributed by atoms with Gasteiger partial charge in [-0.25, -0.2) is 0 Å². The van der Waals surface area contributed by atoms with Crippen LogP contribution < -0.4 is 14.8 Å². The van der Waals surface area contributed by atoms with Crippen LogP contribution in [0.15, 0.2) is 24.3 Å². The minimum Gasteiger partial charge on any atom is -0.486 e. The van der Waals surface area contributed by atoms with Gasteiger partial charge < -0.3 is 14.8 Å². The molecule has 86 valence electrons. The van der Waals surface area contributed by atoms with Gasteiger partial charge in [-0.2, -0.15) is 0 Å². The lowest BCUT2D eigenvalue weighted by atomic mass is 10.1. The molecule has 1 aromatic rings. The van der Waals surface area contributed by atoms with Gasteiger partial charge in [0.1, 0.15) is 6.61 Å². The summed E-state index contributed by atoms with van der Waals surface area (Å²) in [6.07, 6.45) is -0.140. The average Bonchev–Trinajstić information content (AvgIpc) is 2.27. The summed E-state index contributed by atoms with van der Waals surface area (Å²) in [7, 11) is 0. The van der Waals surface area contributed by atoms with Crippen molar-refractivity contribution in [2.24, 2.45) is 0 Å². The van der Waals surface area contributed by atoms with Gasteiger partial charge in [0.05, 0.1) is 6.04 Å². The third-order valence-corrected chi connectivity index (χ3v) is 2.52. The third kappa shape index (κ3) is 2.27. The van der Waals surface area contributed by atoms with Crippen LogP contribution in [0.3, 0.4) is 0 Å². The van der Waals surface area contributed by atoms with Gasteiger partial charge in [-0.1, -0.05) is 12.1 Å². The molecule has 0 aromatic heterocycles. The molecule has 0 aliphatic carbocycles. The molecule has 0 saturated heterocycles. The van der Waals surface area contributed by atoms with Crippen molar-refractivity contribution in [2.45, 2.75) is 26.0 Å². The number of nitrogens with one attached hydrogen (secondary N) is 1. The van der Waals surface area contributed by atoms with Gasteiger partial charge in [-0.3, -0.25) is 4.79 Å². The van der Waals surface area contributed by atoms with Crippen LogP contribution in [0.4, 0.5) is 0 Å². The van der Waals surface area contributed by atoms with Crippen molar-refractivity contribution in [3.8, 4) is 11.5 Å². The molecule has 0 spiro atoms. The molecule has 16 heavy (non-hydrogen) atoms. The first-order valence-electron chi connectivity index (χ1n) is 5.32. The van der Waals surface area contributed by atoms with Gasteiger partial charge >= 0.3 is 0 Å². The number of para-hydroxylation sites is 2. The van der Waals surface area contributed by atoms with Gasteiger partial charge in [0.25, 0.3) is 0 Å². The molecular formula is C12H15NO3. The van der Waals surface area contributed by atoms with Gasteiger partial charge in [-0.15, -0.1) is 0 Å². The predicted molar refractivity (Wildman–Crippen MR) is 59.6 cm³/mol. The molecule has 4 heteroatoms. The maximum Gasteiger partial charge on any atom is 0.217 e. The molecule has 1 amide bonds. The van der Waals surface area contributed by atoms with Crippen LogP contribution in [0.2, 0.25) is 0 Å². The number of hydrogen-bond donors (Lipinski definition) is 1. The molecule has 2 atom stereocenters. The minimum absolute atomic E-state index is 0.0602. The van der Waals surface area contributed by atoms with Crippen LogP contribution in [0.25, 0.3) is 0 Å². The molecule has 0 fully saturated rings. The molecule has 4 nitrogen and oxygen atoms in total. The number of carbonyl (C=O) groups excluding carboxylic acids is 1. The van der Waals surface area contributed by atoms with E-state index in [2.05, 4.69) is 5.32 Å². The Balaban J connectivity index is 2.05. The summed E-state index contributed by atoms with van der Waals surface area (Å²) >= 11 is 0. The zero-order valence-electron chi connectivity index (χ0n) is 9.40. The van der Waals surface area contributed by atoms with Crippen molar-refractivity contribution in [1.29, 1.82) is 0 Å². The lowest BCUT2D eigenvalue weighted by Gasteiger charge is -2.30. The SMILES string of the molecule is CC(=O)N[C@@H](C)[C@@H]1COc2ccccc2O1. The first-order chi connectivity index (χ1) is 7.66. The normalized spacial score (nSPS) is 20.0. The van der Waals surface area contributed by atoms with Crippen LogP contribution in [-0.4, -0.2) is 24.7 Å². The van der Waals surface area contributed by atoms with Crippen molar-refractivity contribution in [3.63, 3.8) is 0 Å². The number of rotatable bonds is 2. The Bertz CT molecular complexity index is 392. The van der Waals surface area contributed by atoms with E-state index in [-0.39, 0.29) is 18.1 Å². The van der Waals surface area contributed by atoms with Crippen molar-refractivity contribution >= 4 is 5.91 Å². The summed E-state index contributed by atoms with van der Waals surface area (Å²) < 4.78 is 11.3. The summed E-state index contributed by atoms with van der Waals surface area (Å²) in [6.45, 7) is 3.86. The van der Waals surface area contributed by atoms with Crippen LogP contribution in [0, 0.1) is 0 Å². The molecule has 0 unspecified atom stereocenters. The maximum atomic E-state index is 10.9. The van der Waals surface area contributed by atoms with Crippen molar-refractivity contribution in [3.05, 3.63) is 24.3 Å². The highest BCUT2D eigenvalue weighted by Gasteiger charge is 2.26. The number of fused-ring (bicyclic) bond motifs is 1. The standard InChI is InChI=1S/C12H15NO3/c1-8(13-9(2)14)12-7-15-10-5-3-4-6-11(10)16-12/h3-6,8,12H,7H2,1-2H3,(H,13,14)/t8-,12-/m0/s1. The maximum absolute atomic E-state index is 10.9. The smallest absolute Gasteiger partial charge is 0.217 e. The van der Waals surface area contributed by atoms with E-state index in [1.165, 1.54) is 6.92 Å². The van der Waals surface area contributed by atoms with Crippen molar-refractivity contribution in [2.75, 3.05) is 6.61 Å². The Morgan fingerprint density at radius 3 is 2.81 bits per heavy atom. The Morgan fingerprint density at radius 1 is 1.44 bits per heavy atom. The Labute approximate surface area is 94.6 Å². The molecule has 0 radical (unpaired) electrons. The predicted octanol–water partition coefficient (Wildman–Crippen LogP) is 1.35. The molecule has 1 aliphatic heterocycles. The second-order valence-electron chi connectivity index (χ2n) is 3.90. The van der Waals surface area contributed by atoms with Gasteiger partial charge in [0.2, 0.25) is 5.91 Å². The summed E-state index contributed by atoms with van der Waals surface area (Å²) in [6, 6.07) is 7.47.